The second-order valence-electron chi connectivity index (χ2n) is 3.60. The number of para-hydroxylation sites is 2. The van der Waals surface area contributed by atoms with Gasteiger partial charge in [-0.3, -0.25) is 0 Å². The first kappa shape index (κ1) is 15.7. The Hall–Kier alpha value is -1.31. The van der Waals surface area contributed by atoms with Crippen LogP contribution in [0, 0.1) is 6.92 Å². The number of hydrogen-bond donors (Lipinski definition) is 0. The number of aryl methyl sites for hydroxylation is 2. The molecule has 0 radical (unpaired) electrons. The maximum atomic E-state index is 4.45. The summed E-state index contributed by atoms with van der Waals surface area (Å²) in [4.78, 5) is 4.45. The zero-order chi connectivity index (χ0) is 13.3. The fourth-order valence-corrected chi connectivity index (χ4v) is 1.60. The summed E-state index contributed by atoms with van der Waals surface area (Å²) in [5.74, 6) is 1.10. The highest BCUT2D eigenvalue weighted by atomic mass is 15.1. The molecule has 1 aromatic carbocycles. The van der Waals surface area contributed by atoms with Gasteiger partial charge in [-0.2, -0.15) is 0 Å². The highest BCUT2D eigenvalue weighted by molar-refractivity contribution is 5.75. The molecule has 0 bridgehead atoms. The van der Waals surface area contributed by atoms with Crippen LogP contribution in [0.25, 0.3) is 11.0 Å². The lowest BCUT2D eigenvalue weighted by Gasteiger charge is -2.00. The SMILES string of the molecule is CC.CCC.CCn1c(C)nc2ccccc21. The Bertz CT molecular complexity index is 416. The fraction of sp³-hybridized carbons (Fsp3) is 0.533. The molecule has 17 heavy (non-hydrogen) atoms. The van der Waals surface area contributed by atoms with Crippen LogP contribution in [0.1, 0.15) is 46.9 Å². The van der Waals surface area contributed by atoms with E-state index in [2.05, 4.69) is 48.5 Å². The highest BCUT2D eigenvalue weighted by Gasteiger charge is 2.02. The molecular weight excluding hydrogens is 208 g/mol. The quantitative estimate of drug-likeness (QED) is 0.692. The van der Waals surface area contributed by atoms with E-state index in [0.29, 0.717) is 0 Å². The van der Waals surface area contributed by atoms with Crippen LogP contribution < -0.4 is 0 Å². The van der Waals surface area contributed by atoms with Crippen molar-refractivity contribution in [3.8, 4) is 0 Å². The van der Waals surface area contributed by atoms with Gasteiger partial charge in [0.25, 0.3) is 0 Å². The van der Waals surface area contributed by atoms with Gasteiger partial charge in [0.15, 0.2) is 0 Å². The monoisotopic (exact) mass is 234 g/mol. The van der Waals surface area contributed by atoms with Crippen LogP contribution in [0.5, 0.6) is 0 Å². The van der Waals surface area contributed by atoms with Crippen LogP contribution in [-0.2, 0) is 6.54 Å². The summed E-state index contributed by atoms with van der Waals surface area (Å²) in [6.07, 6.45) is 1.25. The lowest BCUT2D eigenvalue weighted by atomic mass is 10.3. The van der Waals surface area contributed by atoms with Crippen molar-refractivity contribution in [2.24, 2.45) is 0 Å². The van der Waals surface area contributed by atoms with E-state index in [0.717, 1.165) is 17.9 Å². The Balaban J connectivity index is 0.000000450. The van der Waals surface area contributed by atoms with E-state index in [9.17, 15) is 0 Å². The first-order chi connectivity index (χ1) is 8.24. The molecule has 1 aromatic heterocycles. The second kappa shape index (κ2) is 8.80. The zero-order valence-corrected chi connectivity index (χ0v) is 12.1. The van der Waals surface area contributed by atoms with Crippen molar-refractivity contribution in [1.29, 1.82) is 0 Å². The molecule has 0 spiro atoms. The van der Waals surface area contributed by atoms with Gasteiger partial charge in [-0.15, -0.1) is 0 Å². The van der Waals surface area contributed by atoms with Crippen LogP contribution in [-0.4, -0.2) is 9.55 Å². The molecule has 0 fully saturated rings. The topological polar surface area (TPSA) is 17.8 Å². The van der Waals surface area contributed by atoms with E-state index < -0.39 is 0 Å². The zero-order valence-electron chi connectivity index (χ0n) is 12.1. The van der Waals surface area contributed by atoms with Crippen molar-refractivity contribution in [2.75, 3.05) is 0 Å². The van der Waals surface area contributed by atoms with Gasteiger partial charge in [0, 0.05) is 6.54 Å². The fourth-order valence-electron chi connectivity index (χ4n) is 1.60. The first-order valence-corrected chi connectivity index (χ1v) is 6.66. The highest BCUT2D eigenvalue weighted by Crippen LogP contribution is 2.14. The smallest absolute Gasteiger partial charge is 0.106 e. The Kier molecular flexibility index (Phi) is 8.12. The molecule has 0 aliphatic heterocycles. The third kappa shape index (κ3) is 4.22. The number of nitrogens with zero attached hydrogens (tertiary/aromatic N) is 2. The van der Waals surface area contributed by atoms with Crippen molar-refractivity contribution in [2.45, 2.75) is 54.5 Å². The Morgan fingerprint density at radius 3 is 2.12 bits per heavy atom. The van der Waals surface area contributed by atoms with Gasteiger partial charge in [0.1, 0.15) is 5.82 Å². The Morgan fingerprint density at radius 2 is 1.59 bits per heavy atom. The van der Waals surface area contributed by atoms with E-state index in [1.165, 1.54) is 11.9 Å². The largest absolute Gasteiger partial charge is 0.329 e. The lowest BCUT2D eigenvalue weighted by Crippen LogP contribution is -1.95. The molecule has 1 heterocycles. The molecule has 0 amide bonds. The van der Waals surface area contributed by atoms with Crippen molar-refractivity contribution in [1.82, 2.24) is 9.55 Å². The second-order valence-corrected chi connectivity index (χ2v) is 3.60. The summed E-state index contributed by atoms with van der Waals surface area (Å²) in [5, 5.41) is 0. The summed E-state index contributed by atoms with van der Waals surface area (Å²) in [6, 6.07) is 8.23. The third-order valence-corrected chi connectivity index (χ3v) is 2.16. The molecular formula is C15H26N2. The average molecular weight is 234 g/mol. The molecule has 0 atom stereocenters. The van der Waals surface area contributed by atoms with Gasteiger partial charge in [0.2, 0.25) is 0 Å². The van der Waals surface area contributed by atoms with Crippen LogP contribution >= 0.6 is 0 Å². The normalized spacial score (nSPS) is 9.06. The minimum absolute atomic E-state index is 0.992. The molecule has 2 rings (SSSR count). The van der Waals surface area contributed by atoms with Gasteiger partial charge >= 0.3 is 0 Å². The molecule has 0 N–H and O–H groups in total. The number of aromatic nitrogens is 2. The standard InChI is InChI=1S/C10H12N2.C3H8.C2H6/c1-3-12-8(2)11-9-6-4-5-7-10(9)12;1-3-2;1-2/h4-7H,3H2,1-2H3;3H2,1-2H3;1-2H3. The number of benzene rings is 1. The van der Waals surface area contributed by atoms with E-state index in [4.69, 9.17) is 0 Å². The molecule has 2 heteroatoms. The Morgan fingerprint density at radius 1 is 1.06 bits per heavy atom. The minimum Gasteiger partial charge on any atom is -0.329 e. The molecule has 2 nitrogen and oxygen atoms in total. The maximum Gasteiger partial charge on any atom is 0.106 e. The summed E-state index contributed by atoms with van der Waals surface area (Å²) >= 11 is 0. The molecule has 0 aliphatic carbocycles. The van der Waals surface area contributed by atoms with E-state index in [1.807, 2.05) is 26.8 Å². The summed E-state index contributed by atoms with van der Waals surface area (Å²) < 4.78 is 2.22. The molecule has 0 saturated carbocycles. The number of fused-ring (bicyclic) bond motifs is 1. The Labute approximate surface area is 106 Å². The van der Waals surface area contributed by atoms with Gasteiger partial charge in [-0.1, -0.05) is 46.2 Å². The molecule has 0 saturated heterocycles. The van der Waals surface area contributed by atoms with Crippen molar-refractivity contribution in [3.63, 3.8) is 0 Å². The van der Waals surface area contributed by atoms with Crippen molar-refractivity contribution < 1.29 is 0 Å². The summed E-state index contributed by atoms with van der Waals surface area (Å²) in [6.45, 7) is 13.4. The minimum atomic E-state index is 0.992. The maximum absolute atomic E-state index is 4.45. The van der Waals surface area contributed by atoms with Crippen LogP contribution in [0.2, 0.25) is 0 Å². The first-order valence-electron chi connectivity index (χ1n) is 6.66. The molecule has 96 valence electrons. The third-order valence-electron chi connectivity index (χ3n) is 2.16. The van der Waals surface area contributed by atoms with Gasteiger partial charge in [-0.05, 0) is 26.0 Å². The van der Waals surface area contributed by atoms with E-state index in [-0.39, 0.29) is 0 Å². The van der Waals surface area contributed by atoms with Crippen LogP contribution in [0.3, 0.4) is 0 Å². The number of imidazole rings is 1. The van der Waals surface area contributed by atoms with E-state index >= 15 is 0 Å². The summed E-state index contributed by atoms with van der Waals surface area (Å²) in [5.41, 5.74) is 2.33. The van der Waals surface area contributed by atoms with Crippen LogP contribution in [0.4, 0.5) is 0 Å². The van der Waals surface area contributed by atoms with Gasteiger partial charge in [0.05, 0.1) is 11.0 Å². The predicted octanol–water partition coefficient (Wildman–Crippen LogP) is 4.81. The van der Waals surface area contributed by atoms with Crippen molar-refractivity contribution >= 4 is 11.0 Å². The van der Waals surface area contributed by atoms with Gasteiger partial charge in [-0.25, -0.2) is 4.98 Å². The average Bonchev–Trinajstić information content (AvgIpc) is 2.68. The molecule has 0 aliphatic rings. The predicted molar refractivity (Wildman–Crippen MR) is 77.5 cm³/mol. The number of hydrogen-bond acceptors (Lipinski definition) is 1. The summed E-state index contributed by atoms with van der Waals surface area (Å²) in [7, 11) is 0. The van der Waals surface area contributed by atoms with Crippen LogP contribution in [0.15, 0.2) is 24.3 Å². The van der Waals surface area contributed by atoms with Crippen molar-refractivity contribution in [3.05, 3.63) is 30.1 Å². The van der Waals surface area contributed by atoms with E-state index in [1.54, 1.807) is 0 Å². The molecule has 2 aromatic rings. The number of rotatable bonds is 1. The van der Waals surface area contributed by atoms with Gasteiger partial charge < -0.3 is 4.57 Å². The molecule has 0 unspecified atom stereocenters. The lowest BCUT2D eigenvalue weighted by molar-refractivity contribution is 0.753.